The maximum absolute atomic E-state index is 12.4. The Balaban J connectivity index is 0.00000288. The average molecular weight is 367 g/mol. The van der Waals surface area contributed by atoms with Crippen LogP contribution < -0.4 is 10.6 Å². The van der Waals surface area contributed by atoms with E-state index in [1.165, 1.54) is 5.56 Å². The Morgan fingerprint density at radius 3 is 2.21 bits per heavy atom. The first-order chi connectivity index (χ1) is 11.0. The van der Waals surface area contributed by atoms with Crippen LogP contribution in [0.4, 0.5) is 0 Å². The van der Waals surface area contributed by atoms with Gasteiger partial charge in [0.05, 0.1) is 6.04 Å². The Morgan fingerprint density at radius 1 is 1.08 bits per heavy atom. The zero-order chi connectivity index (χ0) is 16.8. The first kappa shape index (κ1) is 20.7. The highest BCUT2D eigenvalue weighted by molar-refractivity contribution is 7.10. The molecule has 2 N–H and O–H groups in total. The summed E-state index contributed by atoms with van der Waals surface area (Å²) in [4.78, 5) is 13.6. The van der Waals surface area contributed by atoms with Gasteiger partial charge in [-0.05, 0) is 35.5 Å². The first-order valence-electron chi connectivity index (χ1n) is 8.11. The van der Waals surface area contributed by atoms with Gasteiger partial charge in [-0.2, -0.15) is 0 Å². The molecule has 1 heterocycles. The number of amides is 1. The molecular weight excluding hydrogens is 340 g/mol. The van der Waals surface area contributed by atoms with E-state index in [4.69, 9.17) is 0 Å². The minimum absolute atomic E-state index is 0. The van der Waals surface area contributed by atoms with Gasteiger partial charge in [0.25, 0.3) is 0 Å². The number of hydrogen-bond donors (Lipinski definition) is 2. The lowest BCUT2D eigenvalue weighted by Gasteiger charge is -2.21. The molecule has 0 aliphatic rings. The molecule has 0 saturated carbocycles. The fraction of sp³-hybridized carbons (Fsp3) is 0.421. The number of rotatable bonds is 7. The predicted molar refractivity (Wildman–Crippen MR) is 105 cm³/mol. The number of hydrogen-bond acceptors (Lipinski definition) is 3. The number of benzene rings is 1. The molecule has 5 heteroatoms. The van der Waals surface area contributed by atoms with E-state index in [0.29, 0.717) is 12.5 Å². The van der Waals surface area contributed by atoms with Crippen molar-refractivity contribution in [3.8, 4) is 0 Å². The van der Waals surface area contributed by atoms with Crippen LogP contribution in [0.15, 0.2) is 41.8 Å². The van der Waals surface area contributed by atoms with Crippen LogP contribution in [0, 0.1) is 5.92 Å². The summed E-state index contributed by atoms with van der Waals surface area (Å²) < 4.78 is 0. The van der Waals surface area contributed by atoms with E-state index in [0.717, 1.165) is 10.4 Å². The molecule has 24 heavy (non-hydrogen) atoms. The maximum Gasteiger partial charge on any atom is 0.224 e. The lowest BCUT2D eigenvalue weighted by Crippen LogP contribution is -2.36. The minimum atomic E-state index is -0.0805. The molecular formula is C19H27ClN2OS. The smallest absolute Gasteiger partial charge is 0.224 e. The van der Waals surface area contributed by atoms with E-state index in [2.05, 4.69) is 54.8 Å². The molecule has 1 amide bonds. The number of thiophene rings is 1. The van der Waals surface area contributed by atoms with Crippen LogP contribution >= 0.6 is 23.7 Å². The van der Waals surface area contributed by atoms with Gasteiger partial charge in [0, 0.05) is 17.3 Å². The largest absolute Gasteiger partial charge is 0.344 e. The molecule has 0 saturated heterocycles. The third-order valence-electron chi connectivity index (χ3n) is 4.01. The predicted octanol–water partition coefficient (Wildman–Crippen LogP) is 4.35. The molecule has 2 atom stereocenters. The van der Waals surface area contributed by atoms with Gasteiger partial charge in [-0.15, -0.1) is 23.7 Å². The molecule has 0 aliphatic carbocycles. The van der Waals surface area contributed by atoms with E-state index in [9.17, 15) is 4.79 Å². The zero-order valence-corrected chi connectivity index (χ0v) is 16.3. The van der Waals surface area contributed by atoms with Crippen LogP contribution in [0.2, 0.25) is 0 Å². The first-order valence-corrected chi connectivity index (χ1v) is 8.99. The standard InChI is InChI=1S/C19H26N2OS.ClH/c1-13(2)15-7-9-16(10-8-15)18(17-6-5-11-23-17)21-19(22)14(3)12-20-4;/h5-11,13-14,18,20H,12H2,1-4H3,(H,21,22);1H. The highest BCUT2D eigenvalue weighted by Gasteiger charge is 2.21. The van der Waals surface area contributed by atoms with Gasteiger partial charge < -0.3 is 10.6 Å². The molecule has 132 valence electrons. The summed E-state index contributed by atoms with van der Waals surface area (Å²) in [5, 5.41) is 8.31. The molecule has 0 spiro atoms. The number of carbonyl (C=O) groups is 1. The fourth-order valence-electron chi connectivity index (χ4n) is 2.53. The summed E-state index contributed by atoms with van der Waals surface area (Å²) in [7, 11) is 1.87. The number of nitrogens with one attached hydrogen (secondary N) is 2. The molecule has 3 nitrogen and oxygen atoms in total. The number of halogens is 1. The Bertz CT molecular complexity index is 611. The van der Waals surface area contributed by atoms with Crippen molar-refractivity contribution in [2.45, 2.75) is 32.7 Å². The van der Waals surface area contributed by atoms with E-state index >= 15 is 0 Å². The zero-order valence-electron chi connectivity index (χ0n) is 14.7. The highest BCUT2D eigenvalue weighted by atomic mass is 35.5. The van der Waals surface area contributed by atoms with E-state index < -0.39 is 0 Å². The summed E-state index contributed by atoms with van der Waals surface area (Å²) in [5.74, 6) is 0.526. The lowest BCUT2D eigenvalue weighted by atomic mass is 9.98. The molecule has 2 unspecified atom stereocenters. The van der Waals surface area contributed by atoms with Crippen LogP contribution in [0.3, 0.4) is 0 Å². The number of carbonyl (C=O) groups excluding carboxylic acids is 1. The van der Waals surface area contributed by atoms with Gasteiger partial charge in [-0.25, -0.2) is 0 Å². The second kappa shape index (κ2) is 9.82. The van der Waals surface area contributed by atoms with Gasteiger partial charge in [0.15, 0.2) is 0 Å². The molecule has 1 aromatic carbocycles. The molecule has 0 radical (unpaired) electrons. The average Bonchev–Trinajstić information content (AvgIpc) is 3.06. The van der Waals surface area contributed by atoms with E-state index in [1.807, 2.05) is 25.4 Å². The topological polar surface area (TPSA) is 41.1 Å². The Morgan fingerprint density at radius 2 is 1.71 bits per heavy atom. The second-order valence-corrected chi connectivity index (χ2v) is 7.22. The SMILES string of the molecule is CNCC(C)C(=O)NC(c1ccc(C(C)C)cc1)c1cccs1.Cl. The molecule has 1 aromatic heterocycles. The Labute approximate surface area is 155 Å². The quantitative estimate of drug-likeness (QED) is 0.764. The summed E-state index contributed by atoms with van der Waals surface area (Å²) in [6.45, 7) is 6.99. The van der Waals surface area contributed by atoms with Crippen LogP contribution in [-0.4, -0.2) is 19.5 Å². The van der Waals surface area contributed by atoms with Crippen molar-refractivity contribution in [1.29, 1.82) is 0 Å². The Hall–Kier alpha value is -1.36. The van der Waals surface area contributed by atoms with Crippen molar-refractivity contribution in [2.75, 3.05) is 13.6 Å². The second-order valence-electron chi connectivity index (χ2n) is 6.24. The van der Waals surface area contributed by atoms with Crippen molar-refractivity contribution in [1.82, 2.24) is 10.6 Å². The van der Waals surface area contributed by atoms with Crippen LogP contribution in [0.1, 0.15) is 48.7 Å². The lowest BCUT2D eigenvalue weighted by molar-refractivity contribution is -0.124. The van der Waals surface area contributed by atoms with Crippen molar-refractivity contribution in [2.24, 2.45) is 5.92 Å². The summed E-state index contributed by atoms with van der Waals surface area (Å²) >= 11 is 1.67. The van der Waals surface area contributed by atoms with Crippen LogP contribution in [0.25, 0.3) is 0 Å². The van der Waals surface area contributed by atoms with Crippen molar-refractivity contribution < 1.29 is 4.79 Å². The van der Waals surface area contributed by atoms with Gasteiger partial charge >= 0.3 is 0 Å². The Kier molecular flexibility index (Phi) is 8.46. The van der Waals surface area contributed by atoms with Gasteiger partial charge in [-0.3, -0.25) is 4.79 Å². The fourth-order valence-corrected chi connectivity index (χ4v) is 3.33. The van der Waals surface area contributed by atoms with Crippen molar-refractivity contribution >= 4 is 29.7 Å². The van der Waals surface area contributed by atoms with Crippen LogP contribution in [0.5, 0.6) is 0 Å². The monoisotopic (exact) mass is 366 g/mol. The third kappa shape index (κ3) is 5.33. The summed E-state index contributed by atoms with van der Waals surface area (Å²) in [6, 6.07) is 12.6. The highest BCUT2D eigenvalue weighted by Crippen LogP contribution is 2.27. The van der Waals surface area contributed by atoms with Crippen molar-refractivity contribution in [3.63, 3.8) is 0 Å². The van der Waals surface area contributed by atoms with E-state index in [-0.39, 0.29) is 30.3 Å². The van der Waals surface area contributed by atoms with Crippen molar-refractivity contribution in [3.05, 3.63) is 57.8 Å². The van der Waals surface area contributed by atoms with Gasteiger partial charge in [0.2, 0.25) is 5.91 Å². The van der Waals surface area contributed by atoms with Gasteiger partial charge in [0.1, 0.15) is 0 Å². The van der Waals surface area contributed by atoms with Gasteiger partial charge in [-0.1, -0.05) is 51.1 Å². The molecule has 0 aliphatic heterocycles. The summed E-state index contributed by atoms with van der Waals surface area (Å²) in [6.07, 6.45) is 0. The molecule has 2 aromatic rings. The summed E-state index contributed by atoms with van der Waals surface area (Å²) in [5.41, 5.74) is 2.44. The van der Waals surface area contributed by atoms with E-state index in [1.54, 1.807) is 11.3 Å². The third-order valence-corrected chi connectivity index (χ3v) is 4.95. The molecule has 0 fully saturated rings. The van der Waals surface area contributed by atoms with Crippen LogP contribution in [-0.2, 0) is 4.79 Å². The molecule has 0 bridgehead atoms. The maximum atomic E-state index is 12.4. The normalized spacial score (nSPS) is 13.2. The molecule has 2 rings (SSSR count). The minimum Gasteiger partial charge on any atom is -0.344 e.